The lowest BCUT2D eigenvalue weighted by Gasteiger charge is -2.32. The van der Waals surface area contributed by atoms with E-state index in [1.807, 2.05) is 4.90 Å². The van der Waals surface area contributed by atoms with Crippen LogP contribution in [0.2, 0.25) is 0 Å². The molecule has 0 bridgehead atoms. The van der Waals surface area contributed by atoms with Gasteiger partial charge in [-0.15, -0.1) is 36.2 Å². The van der Waals surface area contributed by atoms with Crippen molar-refractivity contribution in [3.05, 3.63) is 16.1 Å². The van der Waals surface area contributed by atoms with E-state index in [0.717, 1.165) is 38.0 Å². The van der Waals surface area contributed by atoms with Crippen molar-refractivity contribution in [3.8, 4) is 0 Å². The van der Waals surface area contributed by atoms with Crippen LogP contribution in [0.5, 0.6) is 0 Å². The van der Waals surface area contributed by atoms with Crippen LogP contribution >= 0.6 is 36.2 Å². The Kier molecular flexibility index (Phi) is 8.66. The number of hydrogen-bond donors (Lipinski definition) is 1. The number of aryl methyl sites for hydroxylation is 1. The van der Waals surface area contributed by atoms with Crippen molar-refractivity contribution in [1.82, 2.24) is 9.88 Å². The summed E-state index contributed by atoms with van der Waals surface area (Å²) in [6, 6.07) is -0.397. The molecule has 2 N–H and O–H groups in total. The van der Waals surface area contributed by atoms with Crippen LogP contribution in [0.25, 0.3) is 0 Å². The van der Waals surface area contributed by atoms with Crippen LogP contribution in [0.3, 0.4) is 0 Å². The van der Waals surface area contributed by atoms with Gasteiger partial charge >= 0.3 is 0 Å². The number of aromatic nitrogens is 1. The molecule has 2 atom stereocenters. The highest BCUT2D eigenvalue weighted by molar-refractivity contribution is 7.09. The van der Waals surface area contributed by atoms with Gasteiger partial charge in [0, 0.05) is 24.4 Å². The van der Waals surface area contributed by atoms with Gasteiger partial charge in [-0.3, -0.25) is 4.79 Å². The standard InChI is InChI=1S/C13H21N3OS.2ClH/c1-3-11-8-18-12(15-11)10-5-4-6-16(7-10)13(17)9(2)14;;/h8-10H,3-7,14H2,1-2H3;2*1H/t9-,10?;;/m1../s1. The highest BCUT2D eigenvalue weighted by Gasteiger charge is 2.27. The summed E-state index contributed by atoms with van der Waals surface area (Å²) < 4.78 is 0. The first-order valence-electron chi connectivity index (χ1n) is 6.60. The summed E-state index contributed by atoms with van der Waals surface area (Å²) in [5, 5.41) is 3.30. The lowest BCUT2D eigenvalue weighted by Crippen LogP contribution is -2.46. The largest absolute Gasteiger partial charge is 0.341 e. The van der Waals surface area contributed by atoms with Crippen LogP contribution in [0, 0.1) is 0 Å². The Morgan fingerprint density at radius 1 is 1.60 bits per heavy atom. The molecule has 1 aliphatic rings. The van der Waals surface area contributed by atoms with E-state index >= 15 is 0 Å². The van der Waals surface area contributed by atoms with E-state index < -0.39 is 6.04 Å². The van der Waals surface area contributed by atoms with Crippen LogP contribution in [-0.4, -0.2) is 34.9 Å². The van der Waals surface area contributed by atoms with E-state index in [1.165, 1.54) is 5.01 Å². The molecule has 0 saturated carbocycles. The van der Waals surface area contributed by atoms with Gasteiger partial charge < -0.3 is 10.6 Å². The van der Waals surface area contributed by atoms with Gasteiger partial charge in [0.15, 0.2) is 0 Å². The molecule has 1 amide bonds. The minimum Gasteiger partial charge on any atom is -0.341 e. The Morgan fingerprint density at radius 3 is 2.85 bits per heavy atom. The molecular formula is C13H23Cl2N3OS. The molecule has 1 fully saturated rings. The molecule has 0 radical (unpaired) electrons. The third-order valence-corrected chi connectivity index (χ3v) is 4.46. The second-order valence-corrected chi connectivity index (χ2v) is 5.83. The third kappa shape index (κ3) is 4.58. The number of carbonyl (C=O) groups excluding carboxylic acids is 1. The molecule has 0 aromatic carbocycles. The number of nitrogens with two attached hydrogens (primary N) is 1. The van der Waals surface area contributed by atoms with E-state index in [9.17, 15) is 4.79 Å². The summed E-state index contributed by atoms with van der Waals surface area (Å²) in [5.41, 5.74) is 6.83. The Bertz CT molecular complexity index is 426. The zero-order valence-corrected chi connectivity index (χ0v) is 14.3. The third-order valence-electron chi connectivity index (χ3n) is 3.40. The molecule has 116 valence electrons. The molecule has 7 heteroatoms. The van der Waals surface area contributed by atoms with Crippen molar-refractivity contribution >= 4 is 42.1 Å². The van der Waals surface area contributed by atoms with Gasteiger partial charge in [0.05, 0.1) is 16.7 Å². The Labute approximate surface area is 137 Å². The number of likely N-dealkylation sites (tertiary alicyclic amines) is 1. The monoisotopic (exact) mass is 339 g/mol. The van der Waals surface area contributed by atoms with Crippen LogP contribution in [0.1, 0.15) is 43.3 Å². The summed E-state index contributed by atoms with van der Waals surface area (Å²) >= 11 is 1.72. The maximum Gasteiger partial charge on any atom is 0.239 e. The molecule has 2 heterocycles. The van der Waals surface area contributed by atoms with Crippen molar-refractivity contribution in [2.75, 3.05) is 13.1 Å². The van der Waals surface area contributed by atoms with Gasteiger partial charge in [-0.25, -0.2) is 4.98 Å². The number of piperidine rings is 1. The van der Waals surface area contributed by atoms with Crippen LogP contribution in [-0.2, 0) is 11.2 Å². The summed E-state index contributed by atoms with van der Waals surface area (Å²) in [7, 11) is 0. The number of hydrogen-bond acceptors (Lipinski definition) is 4. The van der Waals surface area contributed by atoms with Gasteiger partial charge in [-0.05, 0) is 26.2 Å². The molecule has 1 unspecified atom stereocenters. The van der Waals surface area contributed by atoms with Crippen LogP contribution in [0.4, 0.5) is 0 Å². The molecular weight excluding hydrogens is 317 g/mol. The predicted octanol–water partition coefficient (Wildman–Crippen LogP) is 2.60. The molecule has 1 aliphatic heterocycles. The first-order valence-corrected chi connectivity index (χ1v) is 7.48. The highest BCUT2D eigenvalue weighted by atomic mass is 35.5. The minimum absolute atomic E-state index is 0. The Balaban J connectivity index is 0.00000180. The predicted molar refractivity (Wildman–Crippen MR) is 88.2 cm³/mol. The fourth-order valence-corrected chi connectivity index (χ4v) is 3.37. The fraction of sp³-hybridized carbons (Fsp3) is 0.692. The zero-order valence-electron chi connectivity index (χ0n) is 11.9. The topological polar surface area (TPSA) is 59.2 Å². The number of nitrogens with zero attached hydrogens (tertiary/aromatic N) is 2. The summed E-state index contributed by atoms with van der Waals surface area (Å²) in [4.78, 5) is 18.5. The highest BCUT2D eigenvalue weighted by Crippen LogP contribution is 2.29. The van der Waals surface area contributed by atoms with Gasteiger partial charge in [0.2, 0.25) is 5.91 Å². The smallest absolute Gasteiger partial charge is 0.239 e. The lowest BCUT2D eigenvalue weighted by atomic mass is 9.98. The quantitative estimate of drug-likeness (QED) is 0.920. The van der Waals surface area contributed by atoms with Gasteiger partial charge in [0.1, 0.15) is 0 Å². The van der Waals surface area contributed by atoms with E-state index in [0.29, 0.717) is 5.92 Å². The van der Waals surface area contributed by atoms with Crippen LogP contribution in [0.15, 0.2) is 5.38 Å². The average Bonchev–Trinajstić information content (AvgIpc) is 2.86. The van der Waals surface area contributed by atoms with Gasteiger partial charge in [-0.2, -0.15) is 0 Å². The second kappa shape index (κ2) is 8.82. The number of amides is 1. The Morgan fingerprint density at radius 2 is 2.30 bits per heavy atom. The normalized spacial score (nSPS) is 19.8. The fourth-order valence-electron chi connectivity index (χ4n) is 2.34. The zero-order chi connectivity index (χ0) is 13.1. The van der Waals surface area contributed by atoms with Crippen LogP contribution < -0.4 is 5.73 Å². The SMILES string of the molecule is CCc1csc(C2CCCN(C(=O)[C@@H](C)N)C2)n1.Cl.Cl. The maximum absolute atomic E-state index is 11.9. The molecule has 1 saturated heterocycles. The Hall–Kier alpha value is -0.360. The molecule has 1 aromatic heterocycles. The summed E-state index contributed by atoms with van der Waals surface area (Å²) in [6.45, 7) is 5.48. The maximum atomic E-state index is 11.9. The lowest BCUT2D eigenvalue weighted by molar-refractivity contribution is -0.133. The van der Waals surface area contributed by atoms with E-state index in [4.69, 9.17) is 5.73 Å². The molecule has 2 rings (SSSR count). The first-order chi connectivity index (χ1) is 8.61. The number of halogens is 2. The van der Waals surface area contributed by atoms with E-state index in [2.05, 4.69) is 17.3 Å². The molecule has 0 spiro atoms. The van der Waals surface area contributed by atoms with Crippen molar-refractivity contribution in [2.24, 2.45) is 5.73 Å². The molecule has 20 heavy (non-hydrogen) atoms. The van der Waals surface area contributed by atoms with Crippen molar-refractivity contribution in [2.45, 2.75) is 45.1 Å². The van der Waals surface area contributed by atoms with Crippen molar-refractivity contribution in [1.29, 1.82) is 0 Å². The molecule has 4 nitrogen and oxygen atoms in total. The average molecular weight is 340 g/mol. The molecule has 0 aliphatic carbocycles. The van der Waals surface area contributed by atoms with E-state index in [1.54, 1.807) is 18.3 Å². The second-order valence-electron chi connectivity index (χ2n) is 4.94. The van der Waals surface area contributed by atoms with Gasteiger partial charge in [-0.1, -0.05) is 6.92 Å². The van der Waals surface area contributed by atoms with Gasteiger partial charge in [0.25, 0.3) is 0 Å². The van der Waals surface area contributed by atoms with Crippen molar-refractivity contribution < 1.29 is 4.79 Å². The summed E-state index contributed by atoms with van der Waals surface area (Å²) in [6.07, 6.45) is 3.15. The summed E-state index contributed by atoms with van der Waals surface area (Å²) in [5.74, 6) is 0.457. The number of carbonyl (C=O) groups is 1. The minimum atomic E-state index is -0.397. The number of rotatable bonds is 3. The first kappa shape index (κ1) is 19.6. The van der Waals surface area contributed by atoms with E-state index in [-0.39, 0.29) is 30.7 Å². The molecule has 1 aromatic rings. The van der Waals surface area contributed by atoms with Crippen molar-refractivity contribution in [3.63, 3.8) is 0 Å². The number of thiazole rings is 1.